The molecule has 4 heteroatoms. The zero-order valence-electron chi connectivity index (χ0n) is 10.5. The molecule has 0 aliphatic heterocycles. The van der Waals surface area contributed by atoms with E-state index >= 15 is 0 Å². The van der Waals surface area contributed by atoms with Crippen LogP contribution in [0, 0.1) is 5.92 Å². The van der Waals surface area contributed by atoms with Crippen LogP contribution in [0.2, 0.25) is 0 Å². The van der Waals surface area contributed by atoms with Gasteiger partial charge in [0.05, 0.1) is 10.3 Å². The van der Waals surface area contributed by atoms with Crippen molar-refractivity contribution in [2.45, 2.75) is 46.1 Å². The summed E-state index contributed by atoms with van der Waals surface area (Å²) in [4.78, 5) is 13.2. The van der Waals surface area contributed by atoms with E-state index in [1.807, 2.05) is 12.1 Å². The summed E-state index contributed by atoms with van der Waals surface area (Å²) in [5.74, 6) is 0.395. The van der Waals surface area contributed by atoms with Gasteiger partial charge in [0.15, 0.2) is 0 Å². The normalized spacial score (nSPS) is 10.8. The Hall–Kier alpha value is -0.350. The molecular weight excluding hydrogens is 298 g/mol. The van der Waals surface area contributed by atoms with Crippen LogP contribution in [0.15, 0.2) is 15.9 Å². The molecule has 0 unspecified atom stereocenters. The highest BCUT2D eigenvalue weighted by molar-refractivity contribution is 9.11. The molecule has 1 aromatic rings. The Kier molecular flexibility index (Phi) is 6.82. The zero-order chi connectivity index (χ0) is 12.7. The van der Waals surface area contributed by atoms with E-state index in [1.165, 1.54) is 4.88 Å². The van der Waals surface area contributed by atoms with Crippen molar-refractivity contribution < 1.29 is 4.79 Å². The predicted octanol–water partition coefficient (Wildman–Crippen LogP) is 4.34. The molecule has 0 spiro atoms. The average Bonchev–Trinajstić information content (AvgIpc) is 2.72. The van der Waals surface area contributed by atoms with Crippen LogP contribution in [-0.2, 0) is 11.3 Å². The Balaban J connectivity index is 2.41. The predicted molar refractivity (Wildman–Crippen MR) is 77.2 cm³/mol. The summed E-state index contributed by atoms with van der Waals surface area (Å²) in [6, 6.07) is 4.06. The number of halogens is 1. The van der Waals surface area contributed by atoms with Crippen molar-refractivity contribution >= 4 is 33.2 Å². The van der Waals surface area contributed by atoms with Crippen LogP contribution in [0.25, 0.3) is 0 Å². The van der Waals surface area contributed by atoms with E-state index in [9.17, 15) is 4.79 Å². The Morgan fingerprint density at radius 3 is 2.47 bits per heavy atom. The zero-order valence-corrected chi connectivity index (χ0v) is 12.9. The lowest BCUT2D eigenvalue weighted by atomic mass is 9.97. The van der Waals surface area contributed by atoms with E-state index in [2.05, 4.69) is 35.1 Å². The molecule has 0 aliphatic carbocycles. The number of thiophene rings is 1. The van der Waals surface area contributed by atoms with Gasteiger partial charge in [0, 0.05) is 10.8 Å². The van der Waals surface area contributed by atoms with Gasteiger partial charge in [0.2, 0.25) is 5.91 Å². The second kappa shape index (κ2) is 7.88. The van der Waals surface area contributed by atoms with Crippen LogP contribution < -0.4 is 5.32 Å². The van der Waals surface area contributed by atoms with Gasteiger partial charge in [-0.05, 0) is 40.9 Å². The molecular formula is C13H20BrNOS. The van der Waals surface area contributed by atoms with E-state index < -0.39 is 0 Å². The fourth-order valence-electron chi connectivity index (χ4n) is 1.87. The number of carbonyl (C=O) groups is 1. The number of hydrogen-bond donors (Lipinski definition) is 1. The monoisotopic (exact) mass is 317 g/mol. The quantitative estimate of drug-likeness (QED) is 0.796. The van der Waals surface area contributed by atoms with E-state index in [1.54, 1.807) is 11.3 Å². The van der Waals surface area contributed by atoms with Crippen molar-refractivity contribution in [3.05, 3.63) is 20.8 Å². The lowest BCUT2D eigenvalue weighted by Crippen LogP contribution is -2.29. The molecule has 0 aliphatic rings. The number of carbonyl (C=O) groups excluding carboxylic acids is 1. The van der Waals surface area contributed by atoms with Crippen LogP contribution in [0.1, 0.15) is 44.4 Å². The van der Waals surface area contributed by atoms with Gasteiger partial charge in [-0.15, -0.1) is 11.3 Å². The first-order valence-corrected chi connectivity index (χ1v) is 7.80. The molecule has 2 nitrogen and oxygen atoms in total. The summed E-state index contributed by atoms with van der Waals surface area (Å²) >= 11 is 5.09. The molecule has 0 atom stereocenters. The summed E-state index contributed by atoms with van der Waals surface area (Å²) in [5, 5.41) is 3.03. The van der Waals surface area contributed by atoms with Crippen molar-refractivity contribution in [1.29, 1.82) is 0 Å². The van der Waals surface area contributed by atoms with Gasteiger partial charge in [-0.2, -0.15) is 0 Å². The topological polar surface area (TPSA) is 29.1 Å². The maximum atomic E-state index is 12.0. The van der Waals surface area contributed by atoms with Crippen molar-refractivity contribution in [2.75, 3.05) is 0 Å². The van der Waals surface area contributed by atoms with Crippen LogP contribution in [0.5, 0.6) is 0 Å². The number of nitrogens with one attached hydrogen (secondary N) is 1. The summed E-state index contributed by atoms with van der Waals surface area (Å²) in [5.41, 5.74) is 0. The van der Waals surface area contributed by atoms with Crippen molar-refractivity contribution in [3.63, 3.8) is 0 Å². The minimum atomic E-state index is 0.188. The number of rotatable bonds is 7. The first-order valence-electron chi connectivity index (χ1n) is 6.19. The van der Waals surface area contributed by atoms with Gasteiger partial charge in [-0.25, -0.2) is 0 Å². The van der Waals surface area contributed by atoms with Crippen LogP contribution in [0.4, 0.5) is 0 Å². The third kappa shape index (κ3) is 5.21. The lowest BCUT2D eigenvalue weighted by Gasteiger charge is -2.14. The third-order valence-corrected chi connectivity index (χ3v) is 4.33. The van der Waals surface area contributed by atoms with E-state index in [0.717, 1.165) is 29.5 Å². The molecule has 0 saturated heterocycles. The standard InChI is InChI=1S/C13H20BrNOS/c1-3-5-10(6-4-2)13(16)15-9-11-7-8-12(14)17-11/h7-8,10H,3-6,9H2,1-2H3,(H,15,16). The van der Waals surface area contributed by atoms with E-state index in [4.69, 9.17) is 0 Å². The maximum Gasteiger partial charge on any atom is 0.223 e. The second-order valence-electron chi connectivity index (χ2n) is 4.20. The summed E-state index contributed by atoms with van der Waals surface area (Å²) < 4.78 is 1.11. The first kappa shape index (κ1) is 14.7. The Bertz CT molecular complexity index is 345. The molecule has 0 fully saturated rings. The molecule has 1 heterocycles. The van der Waals surface area contributed by atoms with Gasteiger partial charge in [0.1, 0.15) is 0 Å². The summed E-state index contributed by atoms with van der Waals surface area (Å²) in [6.45, 7) is 4.91. The smallest absolute Gasteiger partial charge is 0.223 e. The fraction of sp³-hybridized carbons (Fsp3) is 0.615. The van der Waals surface area contributed by atoms with Gasteiger partial charge in [-0.1, -0.05) is 26.7 Å². The first-order chi connectivity index (χ1) is 8.17. The molecule has 17 heavy (non-hydrogen) atoms. The van der Waals surface area contributed by atoms with Gasteiger partial charge in [-0.3, -0.25) is 4.79 Å². The Morgan fingerprint density at radius 1 is 1.35 bits per heavy atom. The van der Waals surface area contributed by atoms with Crippen molar-refractivity contribution in [1.82, 2.24) is 5.32 Å². The molecule has 0 aromatic carbocycles. The molecule has 0 radical (unpaired) electrons. The summed E-state index contributed by atoms with van der Waals surface area (Å²) in [7, 11) is 0. The van der Waals surface area contributed by atoms with Crippen LogP contribution in [-0.4, -0.2) is 5.91 Å². The molecule has 1 rings (SSSR count). The lowest BCUT2D eigenvalue weighted by molar-refractivity contribution is -0.125. The van der Waals surface area contributed by atoms with Gasteiger partial charge >= 0.3 is 0 Å². The van der Waals surface area contributed by atoms with Crippen LogP contribution >= 0.6 is 27.3 Å². The largest absolute Gasteiger partial charge is 0.351 e. The fourth-order valence-corrected chi connectivity index (χ4v) is 3.29. The van der Waals surface area contributed by atoms with Crippen molar-refractivity contribution in [2.24, 2.45) is 5.92 Å². The maximum absolute atomic E-state index is 12.0. The average molecular weight is 318 g/mol. The minimum absolute atomic E-state index is 0.188. The van der Waals surface area contributed by atoms with E-state index in [0.29, 0.717) is 6.54 Å². The molecule has 0 bridgehead atoms. The number of amides is 1. The molecule has 96 valence electrons. The van der Waals surface area contributed by atoms with E-state index in [-0.39, 0.29) is 11.8 Å². The highest BCUT2D eigenvalue weighted by atomic mass is 79.9. The Labute approximate surface area is 116 Å². The third-order valence-electron chi connectivity index (χ3n) is 2.71. The van der Waals surface area contributed by atoms with Gasteiger partial charge < -0.3 is 5.32 Å². The molecule has 1 N–H and O–H groups in total. The highest BCUT2D eigenvalue weighted by Gasteiger charge is 2.16. The molecule has 1 amide bonds. The Morgan fingerprint density at radius 2 is 2.00 bits per heavy atom. The number of hydrogen-bond acceptors (Lipinski definition) is 2. The minimum Gasteiger partial charge on any atom is -0.351 e. The van der Waals surface area contributed by atoms with Crippen molar-refractivity contribution in [3.8, 4) is 0 Å². The van der Waals surface area contributed by atoms with Gasteiger partial charge in [0.25, 0.3) is 0 Å². The highest BCUT2D eigenvalue weighted by Crippen LogP contribution is 2.22. The summed E-state index contributed by atoms with van der Waals surface area (Å²) in [6.07, 6.45) is 4.13. The second-order valence-corrected chi connectivity index (χ2v) is 6.75. The molecule has 0 saturated carbocycles. The molecule has 1 aromatic heterocycles. The SMILES string of the molecule is CCCC(CCC)C(=O)NCc1ccc(Br)s1. The van der Waals surface area contributed by atoms with Crippen LogP contribution in [0.3, 0.4) is 0 Å².